The van der Waals surface area contributed by atoms with Crippen LogP contribution in [-0.4, -0.2) is 53.1 Å². The Morgan fingerprint density at radius 2 is 1.42 bits per heavy atom. The van der Waals surface area contributed by atoms with Gasteiger partial charge < -0.3 is 9.80 Å². The molecule has 2 aromatic carbocycles. The molecular weight excluding hydrogens is 461 g/mol. The normalized spacial score (nSPS) is 24.9. The van der Waals surface area contributed by atoms with Crippen molar-refractivity contribution in [1.29, 1.82) is 0 Å². The summed E-state index contributed by atoms with van der Waals surface area (Å²) in [4.78, 5) is 18.1. The minimum atomic E-state index is -4.28. The van der Waals surface area contributed by atoms with Crippen LogP contribution in [-0.2, 0) is 0 Å². The quantitative estimate of drug-likeness (QED) is 0.422. The number of rotatable bonds is 6. The van der Waals surface area contributed by atoms with Crippen molar-refractivity contribution in [1.82, 2.24) is 9.80 Å². The number of halogens is 3. The zero-order valence-electron chi connectivity index (χ0n) is 21.1. The molecule has 0 bridgehead atoms. The summed E-state index contributed by atoms with van der Waals surface area (Å²) in [6, 6.07) is 18.1. The van der Waals surface area contributed by atoms with Crippen molar-refractivity contribution >= 4 is 5.91 Å². The first-order chi connectivity index (χ1) is 17.3. The van der Waals surface area contributed by atoms with Crippen molar-refractivity contribution < 1.29 is 18.0 Å². The maximum atomic E-state index is 13.4. The van der Waals surface area contributed by atoms with Crippen LogP contribution in [0.4, 0.5) is 13.2 Å². The Kier molecular flexibility index (Phi) is 7.43. The summed E-state index contributed by atoms with van der Waals surface area (Å²) >= 11 is 0. The van der Waals surface area contributed by atoms with Gasteiger partial charge in [0.1, 0.15) is 0 Å². The van der Waals surface area contributed by atoms with E-state index in [1.807, 2.05) is 0 Å². The highest BCUT2D eigenvalue weighted by atomic mass is 19.4. The maximum Gasteiger partial charge on any atom is 0.395 e. The number of hydrogen-bond acceptors (Lipinski definition) is 2. The second-order valence-corrected chi connectivity index (χ2v) is 11.0. The van der Waals surface area contributed by atoms with Gasteiger partial charge in [0.05, 0.1) is 5.92 Å². The third kappa shape index (κ3) is 5.64. The number of hydrogen-bond donors (Lipinski definition) is 0. The monoisotopic (exact) mass is 498 g/mol. The fourth-order valence-corrected chi connectivity index (χ4v) is 6.26. The van der Waals surface area contributed by atoms with Crippen LogP contribution in [0.25, 0.3) is 0 Å². The van der Waals surface area contributed by atoms with E-state index in [9.17, 15) is 18.0 Å². The van der Waals surface area contributed by atoms with Crippen LogP contribution in [0.1, 0.15) is 91.6 Å². The van der Waals surface area contributed by atoms with Gasteiger partial charge in [0.2, 0.25) is 0 Å². The van der Waals surface area contributed by atoms with Crippen LogP contribution in [0.5, 0.6) is 0 Å². The highest BCUT2D eigenvalue weighted by Gasteiger charge is 2.40. The van der Waals surface area contributed by atoms with E-state index in [0.29, 0.717) is 17.5 Å². The van der Waals surface area contributed by atoms with Crippen molar-refractivity contribution in [3.8, 4) is 0 Å². The molecule has 0 N–H and O–H groups in total. The van der Waals surface area contributed by atoms with Gasteiger partial charge in [-0.3, -0.25) is 4.79 Å². The van der Waals surface area contributed by atoms with E-state index in [2.05, 4.69) is 40.1 Å². The molecule has 1 amide bonds. The molecule has 3 fully saturated rings. The van der Waals surface area contributed by atoms with E-state index in [4.69, 9.17) is 0 Å². The van der Waals surface area contributed by atoms with Gasteiger partial charge in [-0.15, -0.1) is 0 Å². The zero-order chi connectivity index (χ0) is 25.3. The second-order valence-electron chi connectivity index (χ2n) is 11.0. The van der Waals surface area contributed by atoms with Gasteiger partial charge in [0.25, 0.3) is 5.91 Å². The number of amides is 1. The molecule has 3 aliphatic rings. The lowest BCUT2D eigenvalue weighted by Gasteiger charge is -2.43. The molecule has 1 unspecified atom stereocenters. The molecule has 36 heavy (non-hydrogen) atoms. The predicted octanol–water partition coefficient (Wildman–Crippen LogP) is 7.15. The van der Waals surface area contributed by atoms with Gasteiger partial charge in [-0.1, -0.05) is 42.5 Å². The third-order valence-corrected chi connectivity index (χ3v) is 8.70. The van der Waals surface area contributed by atoms with Gasteiger partial charge in [-0.05, 0) is 87.5 Å². The van der Waals surface area contributed by atoms with Crippen molar-refractivity contribution in [2.75, 3.05) is 13.1 Å². The minimum absolute atomic E-state index is 0.0227. The van der Waals surface area contributed by atoms with Gasteiger partial charge >= 0.3 is 6.18 Å². The predicted molar refractivity (Wildman–Crippen MR) is 136 cm³/mol. The standard InChI is InChI=1S/C30H37F3N2O/c1-21(30(31,32)33)22-7-9-25(10-8-22)29(36)35(27-15-16-27)28-17-19-34(20-18-28)26-13-11-24(12-14-26)23-5-3-2-4-6-23/h2-10,21,24,26-28H,11-20H2,1H3. The summed E-state index contributed by atoms with van der Waals surface area (Å²) in [7, 11) is 0. The third-order valence-electron chi connectivity index (χ3n) is 8.70. The molecule has 1 aliphatic heterocycles. The molecule has 0 aromatic heterocycles. The highest BCUT2D eigenvalue weighted by molar-refractivity contribution is 5.95. The first-order valence-corrected chi connectivity index (χ1v) is 13.6. The van der Waals surface area contributed by atoms with E-state index in [1.54, 1.807) is 12.1 Å². The van der Waals surface area contributed by atoms with Crippen molar-refractivity contribution in [2.45, 2.75) is 94.4 Å². The number of nitrogens with zero attached hydrogens (tertiary/aromatic N) is 2. The SMILES string of the molecule is CC(c1ccc(C(=O)N(C2CC2)C2CCN(C3CCC(c4ccccc4)CC3)CC2)cc1)C(F)(F)F. The molecule has 5 rings (SSSR count). The maximum absolute atomic E-state index is 13.4. The fraction of sp³-hybridized carbons (Fsp3) is 0.567. The number of alkyl halides is 3. The van der Waals surface area contributed by atoms with Crippen molar-refractivity contribution in [2.24, 2.45) is 0 Å². The summed E-state index contributed by atoms with van der Waals surface area (Å²) in [6.45, 7) is 3.20. The molecule has 6 heteroatoms. The topological polar surface area (TPSA) is 23.6 Å². The molecule has 3 nitrogen and oxygen atoms in total. The Labute approximate surface area is 212 Å². The highest BCUT2D eigenvalue weighted by Crippen LogP contribution is 2.38. The number of carbonyl (C=O) groups excluding carboxylic acids is 1. The molecule has 2 saturated carbocycles. The lowest BCUT2D eigenvalue weighted by atomic mass is 9.81. The molecule has 2 aromatic rings. The second kappa shape index (κ2) is 10.6. The summed E-state index contributed by atoms with van der Waals surface area (Å²) in [5, 5.41) is 0. The summed E-state index contributed by atoms with van der Waals surface area (Å²) in [5.74, 6) is -0.882. The van der Waals surface area contributed by atoms with Crippen LogP contribution >= 0.6 is 0 Å². The molecular formula is C30H37F3N2O. The number of benzene rings is 2. The Balaban J connectivity index is 1.16. The Hall–Kier alpha value is -2.34. The van der Waals surface area contributed by atoms with Crippen molar-refractivity contribution in [3.63, 3.8) is 0 Å². The van der Waals surface area contributed by atoms with Gasteiger partial charge in [0.15, 0.2) is 0 Å². The van der Waals surface area contributed by atoms with E-state index in [-0.39, 0.29) is 23.6 Å². The van der Waals surface area contributed by atoms with Crippen LogP contribution in [0, 0.1) is 0 Å². The van der Waals surface area contributed by atoms with Crippen LogP contribution in [0.3, 0.4) is 0 Å². The smallest absolute Gasteiger partial charge is 0.333 e. The lowest BCUT2D eigenvalue weighted by molar-refractivity contribution is -0.146. The van der Waals surface area contributed by atoms with E-state index in [1.165, 1.54) is 43.4 Å². The van der Waals surface area contributed by atoms with Gasteiger partial charge in [0, 0.05) is 36.8 Å². The van der Waals surface area contributed by atoms with E-state index < -0.39 is 12.1 Å². The van der Waals surface area contributed by atoms with E-state index >= 15 is 0 Å². The molecule has 2 aliphatic carbocycles. The first kappa shape index (κ1) is 25.3. The molecule has 1 heterocycles. The summed E-state index contributed by atoms with van der Waals surface area (Å²) < 4.78 is 39.2. The summed E-state index contributed by atoms with van der Waals surface area (Å²) in [5.41, 5.74) is 2.17. The Bertz CT molecular complexity index is 1000. The number of piperidine rings is 1. The van der Waals surface area contributed by atoms with E-state index in [0.717, 1.165) is 45.7 Å². The minimum Gasteiger partial charge on any atom is -0.333 e. The fourth-order valence-electron chi connectivity index (χ4n) is 6.26. The Morgan fingerprint density at radius 1 is 0.833 bits per heavy atom. The largest absolute Gasteiger partial charge is 0.395 e. The average molecular weight is 499 g/mol. The van der Waals surface area contributed by atoms with Crippen LogP contribution in [0.2, 0.25) is 0 Å². The molecule has 0 radical (unpaired) electrons. The molecule has 194 valence electrons. The summed E-state index contributed by atoms with van der Waals surface area (Å²) in [6.07, 6.45) is 4.68. The molecule has 1 atom stereocenters. The van der Waals surface area contributed by atoms with Gasteiger partial charge in [-0.25, -0.2) is 0 Å². The van der Waals surface area contributed by atoms with Crippen molar-refractivity contribution in [3.05, 3.63) is 71.3 Å². The lowest BCUT2D eigenvalue weighted by Crippen LogP contribution is -2.51. The first-order valence-electron chi connectivity index (χ1n) is 13.6. The van der Waals surface area contributed by atoms with Crippen LogP contribution in [0.15, 0.2) is 54.6 Å². The van der Waals surface area contributed by atoms with Gasteiger partial charge in [-0.2, -0.15) is 13.2 Å². The number of likely N-dealkylation sites (tertiary alicyclic amines) is 1. The molecule has 0 spiro atoms. The average Bonchev–Trinajstić information content (AvgIpc) is 3.74. The number of carbonyl (C=O) groups is 1. The zero-order valence-corrected chi connectivity index (χ0v) is 21.1. The molecule has 1 saturated heterocycles. The van der Waals surface area contributed by atoms with Crippen LogP contribution < -0.4 is 0 Å². The Morgan fingerprint density at radius 3 is 1.97 bits per heavy atom.